The molecule has 2 aromatic heterocycles. The lowest BCUT2D eigenvalue weighted by atomic mass is 10.0. The minimum absolute atomic E-state index is 0.0936. The van der Waals surface area contributed by atoms with Gasteiger partial charge in [-0.2, -0.15) is 0 Å². The summed E-state index contributed by atoms with van der Waals surface area (Å²) in [6.07, 6.45) is 3.08. The molecule has 0 aliphatic carbocycles. The summed E-state index contributed by atoms with van der Waals surface area (Å²) in [7, 11) is 0. The van der Waals surface area contributed by atoms with Gasteiger partial charge in [0.25, 0.3) is 5.56 Å². The Labute approximate surface area is 228 Å². The fraction of sp³-hybridized carbons (Fsp3) is 0.467. The quantitative estimate of drug-likeness (QED) is 0.391. The van der Waals surface area contributed by atoms with Crippen LogP contribution in [0.15, 0.2) is 47.3 Å². The van der Waals surface area contributed by atoms with Gasteiger partial charge in [-0.1, -0.05) is 25.1 Å². The van der Waals surface area contributed by atoms with Gasteiger partial charge in [0, 0.05) is 49.6 Å². The lowest BCUT2D eigenvalue weighted by Crippen LogP contribution is -2.49. The number of nitrogens with one attached hydrogen (secondary N) is 1. The highest BCUT2D eigenvalue weighted by atomic mass is 16.5. The molecule has 2 fully saturated rings. The van der Waals surface area contributed by atoms with E-state index in [1.807, 2.05) is 16.8 Å². The maximum absolute atomic E-state index is 13.6. The molecule has 2 aromatic carbocycles. The summed E-state index contributed by atoms with van der Waals surface area (Å²) < 4.78 is 7.75. The molecule has 0 bridgehead atoms. The maximum Gasteiger partial charge on any atom is 0.253 e. The number of aryl methyl sites for hydroxylation is 2. The Bertz CT molecular complexity index is 1510. The molecular formula is C30H37N7O2. The van der Waals surface area contributed by atoms with Crippen LogP contribution in [-0.2, 0) is 17.7 Å². The number of ether oxygens (including phenoxy) is 1. The summed E-state index contributed by atoms with van der Waals surface area (Å²) in [4.78, 5) is 21.5. The predicted octanol–water partition coefficient (Wildman–Crippen LogP) is 3.78. The topological polar surface area (TPSA) is 92.2 Å². The van der Waals surface area contributed by atoms with Crippen molar-refractivity contribution >= 4 is 16.6 Å². The predicted molar refractivity (Wildman–Crippen MR) is 152 cm³/mol. The lowest BCUT2D eigenvalue weighted by molar-refractivity contribution is 0.0906. The number of aromatic nitrogens is 5. The van der Waals surface area contributed by atoms with Crippen molar-refractivity contribution < 1.29 is 4.74 Å². The molecule has 9 nitrogen and oxygen atoms in total. The number of hydrogen-bond donors (Lipinski definition) is 1. The summed E-state index contributed by atoms with van der Waals surface area (Å²) in [5.74, 6) is 0.696. The summed E-state index contributed by atoms with van der Waals surface area (Å²) >= 11 is 0. The van der Waals surface area contributed by atoms with E-state index in [0.717, 1.165) is 63.0 Å². The Kier molecular flexibility index (Phi) is 7.18. The summed E-state index contributed by atoms with van der Waals surface area (Å²) in [6, 6.07) is 14.4. The third-order valence-electron chi connectivity index (χ3n) is 8.44. The smallest absolute Gasteiger partial charge is 0.253 e. The third-order valence-corrected chi connectivity index (χ3v) is 8.44. The number of H-pyrrole nitrogens is 1. The van der Waals surface area contributed by atoms with Crippen molar-refractivity contribution in [2.75, 3.05) is 37.7 Å². The zero-order valence-electron chi connectivity index (χ0n) is 23.1. The molecule has 9 heteroatoms. The normalized spacial score (nSPS) is 19.2. The molecule has 6 rings (SSSR count). The number of pyridine rings is 1. The van der Waals surface area contributed by atoms with Crippen LogP contribution in [0.1, 0.15) is 53.9 Å². The van der Waals surface area contributed by atoms with Gasteiger partial charge in [-0.15, -0.1) is 5.10 Å². The van der Waals surface area contributed by atoms with Gasteiger partial charge in [-0.25, -0.2) is 4.68 Å². The van der Waals surface area contributed by atoms with E-state index >= 15 is 0 Å². The van der Waals surface area contributed by atoms with Gasteiger partial charge in [-0.05, 0) is 89.9 Å². The number of tetrazole rings is 1. The van der Waals surface area contributed by atoms with Gasteiger partial charge in [0.05, 0.1) is 12.6 Å². The summed E-state index contributed by atoms with van der Waals surface area (Å²) in [5.41, 5.74) is 6.57. The fourth-order valence-electron chi connectivity index (χ4n) is 6.01. The number of anilines is 1. The maximum atomic E-state index is 13.6. The molecule has 2 atom stereocenters. The second-order valence-electron chi connectivity index (χ2n) is 10.8. The number of rotatable bonds is 7. The Morgan fingerprint density at radius 2 is 1.95 bits per heavy atom. The summed E-state index contributed by atoms with van der Waals surface area (Å²) in [6.45, 7) is 11.2. The molecule has 2 aliphatic rings. The molecule has 0 spiro atoms. The van der Waals surface area contributed by atoms with Gasteiger partial charge in [0.15, 0.2) is 5.82 Å². The first-order valence-corrected chi connectivity index (χ1v) is 14.1. The van der Waals surface area contributed by atoms with Crippen molar-refractivity contribution in [3.8, 4) is 0 Å². The van der Waals surface area contributed by atoms with E-state index in [1.54, 1.807) is 0 Å². The zero-order valence-corrected chi connectivity index (χ0v) is 23.1. The van der Waals surface area contributed by atoms with E-state index in [-0.39, 0.29) is 17.7 Å². The van der Waals surface area contributed by atoms with E-state index in [1.165, 1.54) is 22.4 Å². The first-order valence-electron chi connectivity index (χ1n) is 14.1. The summed E-state index contributed by atoms with van der Waals surface area (Å²) in [5, 5.41) is 14.0. The van der Waals surface area contributed by atoms with Crippen LogP contribution in [0, 0.1) is 13.8 Å². The zero-order chi connectivity index (χ0) is 26.9. The molecule has 0 radical (unpaired) electrons. The third kappa shape index (κ3) is 5.08. The van der Waals surface area contributed by atoms with Crippen molar-refractivity contribution in [2.45, 2.75) is 58.7 Å². The number of nitrogens with zero attached hydrogens (tertiary/aromatic N) is 6. The molecule has 2 aliphatic heterocycles. The van der Waals surface area contributed by atoms with E-state index in [2.05, 4.69) is 81.4 Å². The van der Waals surface area contributed by atoms with E-state index < -0.39 is 0 Å². The first-order chi connectivity index (χ1) is 19.0. The van der Waals surface area contributed by atoms with Gasteiger partial charge < -0.3 is 14.6 Å². The van der Waals surface area contributed by atoms with Crippen LogP contribution < -0.4 is 10.5 Å². The number of fused-ring (bicyclic) bond motifs is 1. The monoisotopic (exact) mass is 527 g/mol. The Morgan fingerprint density at radius 1 is 1.10 bits per heavy atom. The second kappa shape index (κ2) is 10.9. The van der Waals surface area contributed by atoms with Crippen LogP contribution in [0.25, 0.3) is 10.9 Å². The van der Waals surface area contributed by atoms with Crippen LogP contribution in [-0.4, -0.2) is 69.0 Å². The average molecular weight is 528 g/mol. The van der Waals surface area contributed by atoms with Crippen LogP contribution in [0.4, 0.5) is 5.69 Å². The molecule has 39 heavy (non-hydrogen) atoms. The van der Waals surface area contributed by atoms with Crippen LogP contribution in [0.2, 0.25) is 0 Å². The van der Waals surface area contributed by atoms with E-state index in [0.29, 0.717) is 17.9 Å². The van der Waals surface area contributed by atoms with E-state index in [9.17, 15) is 4.79 Å². The van der Waals surface area contributed by atoms with Gasteiger partial charge >= 0.3 is 0 Å². The van der Waals surface area contributed by atoms with Crippen molar-refractivity contribution in [2.24, 2.45) is 0 Å². The Balaban J connectivity index is 1.37. The highest BCUT2D eigenvalue weighted by Gasteiger charge is 2.34. The number of aromatic amines is 1. The van der Waals surface area contributed by atoms with E-state index in [4.69, 9.17) is 4.74 Å². The molecule has 1 N–H and O–H groups in total. The molecule has 4 aromatic rings. The van der Waals surface area contributed by atoms with Crippen molar-refractivity contribution in [3.63, 3.8) is 0 Å². The van der Waals surface area contributed by atoms with Crippen LogP contribution in [0.5, 0.6) is 0 Å². The number of piperazine rings is 1. The molecule has 0 amide bonds. The molecule has 4 heterocycles. The molecule has 2 saturated heterocycles. The Morgan fingerprint density at radius 3 is 2.72 bits per heavy atom. The molecule has 0 unspecified atom stereocenters. The highest BCUT2D eigenvalue weighted by molar-refractivity contribution is 5.80. The minimum Gasteiger partial charge on any atom is -0.376 e. The van der Waals surface area contributed by atoms with Crippen LogP contribution in [0.3, 0.4) is 0 Å². The minimum atomic E-state index is -0.361. The highest BCUT2D eigenvalue weighted by Crippen LogP contribution is 2.31. The number of hydrogen-bond acceptors (Lipinski definition) is 7. The second-order valence-corrected chi connectivity index (χ2v) is 10.8. The Hall–Kier alpha value is -3.56. The van der Waals surface area contributed by atoms with Crippen molar-refractivity contribution in [3.05, 3.63) is 80.9 Å². The van der Waals surface area contributed by atoms with Gasteiger partial charge in [-0.3, -0.25) is 9.69 Å². The lowest BCUT2D eigenvalue weighted by Gasteiger charge is -2.40. The first kappa shape index (κ1) is 25.7. The van der Waals surface area contributed by atoms with Gasteiger partial charge in [0.2, 0.25) is 0 Å². The van der Waals surface area contributed by atoms with Crippen molar-refractivity contribution in [1.82, 2.24) is 30.1 Å². The number of benzene rings is 2. The molecule has 204 valence electrons. The SMILES string of the molecule is CCc1ccc2[nH]c(=O)c([C@H](c3nnnn3C[C@H]3CCCO3)N3CCN(c4cccc(C)c4C)CC3)cc2c1. The van der Waals surface area contributed by atoms with Gasteiger partial charge in [0.1, 0.15) is 6.04 Å². The molecule has 0 saturated carbocycles. The average Bonchev–Trinajstić information content (AvgIpc) is 3.64. The fourth-order valence-corrected chi connectivity index (χ4v) is 6.01. The van der Waals surface area contributed by atoms with Crippen molar-refractivity contribution in [1.29, 1.82) is 0 Å². The molecular weight excluding hydrogens is 490 g/mol. The standard InChI is InChI=1S/C30H37N7O2/c1-4-22-10-11-26-23(17-22)18-25(30(38)31-26)28(29-32-33-34-37(29)19-24-8-6-16-39-24)36-14-12-35(13-15-36)27-9-5-7-20(2)21(27)3/h5,7,9-11,17-18,24,28H,4,6,8,12-16,19H2,1-3H3,(H,31,38)/t24-,28-/m1/s1. The van der Waals surface area contributed by atoms with Crippen LogP contribution >= 0.6 is 0 Å². The largest absolute Gasteiger partial charge is 0.376 e.